The normalized spacial score (nSPS) is 15.6. The molecule has 1 saturated heterocycles. The Morgan fingerprint density at radius 2 is 2.04 bits per heavy atom. The Morgan fingerprint density at radius 3 is 2.71 bits per heavy atom. The van der Waals surface area contributed by atoms with Crippen molar-refractivity contribution in [3.8, 4) is 0 Å². The topological polar surface area (TPSA) is 70.6 Å². The SMILES string of the molecule is CN(C)CCCC(C)(C)NC(=O)c1cc(N2CCOCC2)ncn1. The fourth-order valence-corrected chi connectivity index (χ4v) is 2.71. The molecule has 0 bridgehead atoms. The van der Waals surface area contributed by atoms with Gasteiger partial charge >= 0.3 is 0 Å². The van der Waals surface area contributed by atoms with Gasteiger partial charge in [-0.25, -0.2) is 9.97 Å². The predicted octanol–water partition coefficient (Wildman–Crippen LogP) is 1.16. The summed E-state index contributed by atoms with van der Waals surface area (Å²) in [6.45, 7) is 8.04. The van der Waals surface area contributed by atoms with Gasteiger partial charge in [0.15, 0.2) is 0 Å². The lowest BCUT2D eigenvalue weighted by Gasteiger charge is -2.28. The maximum absolute atomic E-state index is 12.5. The van der Waals surface area contributed by atoms with Crippen molar-refractivity contribution in [2.75, 3.05) is 51.8 Å². The molecule has 0 unspecified atom stereocenters. The van der Waals surface area contributed by atoms with E-state index in [1.165, 1.54) is 6.33 Å². The molecule has 0 aromatic carbocycles. The van der Waals surface area contributed by atoms with E-state index in [9.17, 15) is 4.79 Å². The summed E-state index contributed by atoms with van der Waals surface area (Å²) in [7, 11) is 4.11. The van der Waals surface area contributed by atoms with Crippen LogP contribution in [0.2, 0.25) is 0 Å². The highest BCUT2D eigenvalue weighted by Gasteiger charge is 2.22. The van der Waals surface area contributed by atoms with Gasteiger partial charge in [-0.05, 0) is 47.3 Å². The molecule has 7 heteroatoms. The first-order valence-electron chi connectivity index (χ1n) is 8.49. The third-order valence-corrected chi connectivity index (χ3v) is 4.08. The largest absolute Gasteiger partial charge is 0.378 e. The highest BCUT2D eigenvalue weighted by Crippen LogP contribution is 2.15. The van der Waals surface area contributed by atoms with Crippen LogP contribution in [0.3, 0.4) is 0 Å². The first-order valence-corrected chi connectivity index (χ1v) is 8.49. The average molecular weight is 335 g/mol. The highest BCUT2D eigenvalue weighted by molar-refractivity contribution is 5.93. The molecule has 1 aliphatic rings. The number of amides is 1. The molecule has 0 aliphatic carbocycles. The lowest BCUT2D eigenvalue weighted by atomic mass is 9.98. The van der Waals surface area contributed by atoms with Gasteiger partial charge in [-0.15, -0.1) is 0 Å². The van der Waals surface area contributed by atoms with Crippen LogP contribution in [0.4, 0.5) is 5.82 Å². The number of hydrogen-bond donors (Lipinski definition) is 1. The molecule has 134 valence electrons. The van der Waals surface area contributed by atoms with Gasteiger partial charge in [0, 0.05) is 24.7 Å². The summed E-state index contributed by atoms with van der Waals surface area (Å²) in [6.07, 6.45) is 3.40. The Bertz CT molecular complexity index is 542. The summed E-state index contributed by atoms with van der Waals surface area (Å²) in [5, 5.41) is 3.09. The number of aromatic nitrogens is 2. The maximum atomic E-state index is 12.5. The van der Waals surface area contributed by atoms with Crippen LogP contribution in [-0.2, 0) is 4.74 Å². The molecule has 2 rings (SSSR count). The summed E-state index contributed by atoms with van der Waals surface area (Å²) in [4.78, 5) is 25.2. The fourth-order valence-electron chi connectivity index (χ4n) is 2.71. The Kier molecular flexibility index (Phi) is 6.51. The Balaban J connectivity index is 1.96. The van der Waals surface area contributed by atoms with Gasteiger partial charge in [0.05, 0.1) is 13.2 Å². The van der Waals surface area contributed by atoms with Crippen molar-refractivity contribution in [3.05, 3.63) is 18.1 Å². The van der Waals surface area contributed by atoms with Gasteiger partial charge < -0.3 is 19.9 Å². The number of nitrogens with one attached hydrogen (secondary N) is 1. The molecule has 1 aromatic rings. The van der Waals surface area contributed by atoms with Gasteiger partial charge in [-0.3, -0.25) is 4.79 Å². The van der Waals surface area contributed by atoms with Crippen molar-refractivity contribution in [3.63, 3.8) is 0 Å². The van der Waals surface area contributed by atoms with Crippen LogP contribution in [0.15, 0.2) is 12.4 Å². The first-order chi connectivity index (χ1) is 11.4. The Labute approximate surface area is 144 Å². The fraction of sp³-hybridized carbons (Fsp3) is 0.706. The molecular formula is C17H29N5O2. The third kappa shape index (κ3) is 5.72. The van der Waals surface area contributed by atoms with Crippen molar-refractivity contribution >= 4 is 11.7 Å². The minimum atomic E-state index is -0.267. The number of carbonyl (C=O) groups excluding carboxylic acids is 1. The summed E-state index contributed by atoms with van der Waals surface area (Å²) in [5.41, 5.74) is 0.143. The molecule has 1 N–H and O–H groups in total. The van der Waals surface area contributed by atoms with E-state index in [1.807, 2.05) is 13.8 Å². The zero-order chi connectivity index (χ0) is 17.6. The molecule has 0 radical (unpaired) electrons. The van der Waals surface area contributed by atoms with Crippen LogP contribution in [0.5, 0.6) is 0 Å². The van der Waals surface area contributed by atoms with Crippen LogP contribution >= 0.6 is 0 Å². The third-order valence-electron chi connectivity index (χ3n) is 4.08. The van der Waals surface area contributed by atoms with E-state index in [2.05, 4.69) is 39.2 Å². The van der Waals surface area contributed by atoms with Crippen LogP contribution in [0, 0.1) is 0 Å². The second-order valence-corrected chi connectivity index (χ2v) is 7.11. The van der Waals surface area contributed by atoms with E-state index in [-0.39, 0.29) is 11.4 Å². The summed E-state index contributed by atoms with van der Waals surface area (Å²) >= 11 is 0. The molecule has 2 heterocycles. The van der Waals surface area contributed by atoms with Crippen molar-refractivity contribution in [2.45, 2.75) is 32.2 Å². The van der Waals surface area contributed by atoms with E-state index < -0.39 is 0 Å². The minimum Gasteiger partial charge on any atom is -0.378 e. The van der Waals surface area contributed by atoms with Crippen LogP contribution in [0.1, 0.15) is 37.2 Å². The van der Waals surface area contributed by atoms with Gasteiger partial charge in [-0.2, -0.15) is 0 Å². The number of morpholine rings is 1. The quantitative estimate of drug-likeness (QED) is 0.806. The van der Waals surface area contributed by atoms with E-state index in [0.717, 1.165) is 38.3 Å². The standard InChI is InChI=1S/C17H29N5O2/c1-17(2,6-5-7-21(3)4)20-16(23)14-12-15(19-13-18-14)22-8-10-24-11-9-22/h12-13H,5-11H2,1-4H3,(H,20,23). The van der Waals surface area contributed by atoms with E-state index in [1.54, 1.807) is 6.07 Å². The van der Waals surface area contributed by atoms with Gasteiger partial charge in [0.2, 0.25) is 0 Å². The highest BCUT2D eigenvalue weighted by atomic mass is 16.5. The number of anilines is 1. The molecule has 1 aromatic heterocycles. The van der Waals surface area contributed by atoms with Crippen molar-refractivity contribution in [2.24, 2.45) is 0 Å². The molecule has 7 nitrogen and oxygen atoms in total. The van der Waals surface area contributed by atoms with Crippen molar-refractivity contribution < 1.29 is 9.53 Å². The predicted molar refractivity (Wildman–Crippen MR) is 94.4 cm³/mol. The summed E-state index contributed by atoms with van der Waals surface area (Å²) < 4.78 is 5.35. The number of nitrogens with zero attached hydrogens (tertiary/aromatic N) is 4. The van der Waals surface area contributed by atoms with Crippen LogP contribution in [-0.4, -0.2) is 73.3 Å². The smallest absolute Gasteiger partial charge is 0.270 e. The zero-order valence-corrected chi connectivity index (χ0v) is 15.2. The van der Waals surface area contributed by atoms with Crippen LogP contribution in [0.25, 0.3) is 0 Å². The molecule has 0 saturated carbocycles. The van der Waals surface area contributed by atoms with Crippen molar-refractivity contribution in [1.29, 1.82) is 0 Å². The number of rotatable bonds is 7. The molecule has 1 amide bonds. The second kappa shape index (κ2) is 8.39. The second-order valence-electron chi connectivity index (χ2n) is 7.11. The minimum absolute atomic E-state index is 0.151. The average Bonchev–Trinajstić information content (AvgIpc) is 2.55. The van der Waals surface area contributed by atoms with E-state index >= 15 is 0 Å². The number of ether oxygens (including phenoxy) is 1. The lowest BCUT2D eigenvalue weighted by Crippen LogP contribution is -2.44. The summed E-state index contributed by atoms with van der Waals surface area (Å²) in [6, 6.07) is 1.76. The number of carbonyl (C=O) groups is 1. The van der Waals surface area contributed by atoms with Crippen LogP contribution < -0.4 is 10.2 Å². The zero-order valence-electron chi connectivity index (χ0n) is 15.2. The summed E-state index contributed by atoms with van der Waals surface area (Å²) in [5.74, 6) is 0.630. The Morgan fingerprint density at radius 1 is 1.33 bits per heavy atom. The van der Waals surface area contributed by atoms with Gasteiger partial charge in [-0.1, -0.05) is 0 Å². The van der Waals surface area contributed by atoms with Crippen molar-refractivity contribution in [1.82, 2.24) is 20.2 Å². The first kappa shape index (κ1) is 18.6. The number of hydrogen-bond acceptors (Lipinski definition) is 6. The maximum Gasteiger partial charge on any atom is 0.270 e. The molecule has 0 spiro atoms. The molecular weight excluding hydrogens is 306 g/mol. The van der Waals surface area contributed by atoms with E-state index in [0.29, 0.717) is 18.9 Å². The molecule has 1 fully saturated rings. The Hall–Kier alpha value is -1.73. The van der Waals surface area contributed by atoms with Gasteiger partial charge in [0.1, 0.15) is 17.8 Å². The molecule has 1 aliphatic heterocycles. The molecule has 0 atom stereocenters. The molecule has 24 heavy (non-hydrogen) atoms. The van der Waals surface area contributed by atoms with Gasteiger partial charge in [0.25, 0.3) is 5.91 Å². The monoisotopic (exact) mass is 335 g/mol. The lowest BCUT2D eigenvalue weighted by molar-refractivity contribution is 0.0902. The van der Waals surface area contributed by atoms with E-state index in [4.69, 9.17) is 4.74 Å².